The minimum atomic E-state index is -3.69. The Kier molecular flexibility index (Phi) is 4.59. The fourth-order valence-corrected chi connectivity index (χ4v) is 5.24. The lowest BCUT2D eigenvalue weighted by Crippen LogP contribution is -2.34. The van der Waals surface area contributed by atoms with Crippen LogP contribution < -0.4 is 5.32 Å². The summed E-state index contributed by atoms with van der Waals surface area (Å²) in [6.07, 6.45) is 0.297. The summed E-state index contributed by atoms with van der Waals surface area (Å²) in [5.74, 6) is -1.17. The monoisotopic (exact) mass is 346 g/mol. The van der Waals surface area contributed by atoms with Crippen LogP contribution in [0.4, 0.5) is 0 Å². The van der Waals surface area contributed by atoms with Crippen LogP contribution in [0.15, 0.2) is 16.3 Å². The third-order valence-electron chi connectivity index (χ3n) is 3.70. The predicted octanol–water partition coefficient (Wildman–Crippen LogP) is 0.869. The van der Waals surface area contributed by atoms with E-state index in [0.29, 0.717) is 6.42 Å². The van der Waals surface area contributed by atoms with Crippen molar-refractivity contribution in [3.63, 3.8) is 0 Å². The molecule has 0 spiro atoms. The molecule has 2 rings (SSSR count). The fraction of sp³-hybridized carbons (Fsp3) is 0.538. The van der Waals surface area contributed by atoms with E-state index in [1.54, 1.807) is 13.0 Å². The first-order valence-electron chi connectivity index (χ1n) is 6.72. The summed E-state index contributed by atoms with van der Waals surface area (Å²) in [6.45, 7) is 3.40. The standard InChI is InChI=1S/C13H18N2O5S2/c1-9(16)14-7-10-3-4-11(21-10)22(19,20)15-6-5-13(2,8-15)12(17)18/h3-4H,5-8H2,1-2H3,(H,14,16)(H,17,18). The van der Waals surface area contributed by atoms with Gasteiger partial charge in [0.2, 0.25) is 5.91 Å². The molecule has 1 atom stereocenters. The molecule has 1 aromatic heterocycles. The van der Waals surface area contributed by atoms with Gasteiger partial charge in [-0.3, -0.25) is 9.59 Å². The van der Waals surface area contributed by atoms with Crippen LogP contribution in [0.2, 0.25) is 0 Å². The van der Waals surface area contributed by atoms with Crippen LogP contribution in [0, 0.1) is 5.41 Å². The van der Waals surface area contributed by atoms with Gasteiger partial charge in [0, 0.05) is 24.9 Å². The highest BCUT2D eigenvalue weighted by atomic mass is 32.2. The second kappa shape index (κ2) is 5.98. The van der Waals surface area contributed by atoms with Crippen molar-refractivity contribution in [3.05, 3.63) is 17.0 Å². The van der Waals surface area contributed by atoms with Gasteiger partial charge in [0.15, 0.2) is 0 Å². The fourth-order valence-electron chi connectivity index (χ4n) is 2.23. The van der Waals surface area contributed by atoms with Gasteiger partial charge in [-0.05, 0) is 25.5 Å². The van der Waals surface area contributed by atoms with E-state index in [0.717, 1.165) is 16.2 Å². The van der Waals surface area contributed by atoms with Gasteiger partial charge in [-0.25, -0.2) is 8.42 Å². The number of nitrogens with one attached hydrogen (secondary N) is 1. The molecule has 0 radical (unpaired) electrons. The Balaban J connectivity index is 2.15. The number of thiophene rings is 1. The first-order chi connectivity index (χ1) is 10.1. The molecular weight excluding hydrogens is 328 g/mol. The van der Waals surface area contributed by atoms with Crippen molar-refractivity contribution in [2.24, 2.45) is 5.41 Å². The van der Waals surface area contributed by atoms with Crippen molar-refractivity contribution in [2.75, 3.05) is 13.1 Å². The molecule has 122 valence electrons. The van der Waals surface area contributed by atoms with Crippen molar-refractivity contribution in [1.29, 1.82) is 0 Å². The van der Waals surface area contributed by atoms with E-state index in [-0.39, 0.29) is 29.8 Å². The number of nitrogens with zero attached hydrogens (tertiary/aromatic N) is 1. The Hall–Kier alpha value is -1.45. The summed E-state index contributed by atoms with van der Waals surface area (Å²) in [5.41, 5.74) is -1.04. The summed E-state index contributed by atoms with van der Waals surface area (Å²) in [6, 6.07) is 3.15. The molecule has 1 aliphatic heterocycles. The number of amides is 1. The molecule has 1 unspecified atom stereocenters. The molecule has 0 aromatic carbocycles. The van der Waals surface area contributed by atoms with Crippen LogP contribution in [-0.4, -0.2) is 42.8 Å². The van der Waals surface area contributed by atoms with Crippen molar-refractivity contribution in [1.82, 2.24) is 9.62 Å². The third kappa shape index (κ3) is 3.31. The third-order valence-corrected chi connectivity index (χ3v) is 7.10. The first-order valence-corrected chi connectivity index (χ1v) is 8.97. The first kappa shape index (κ1) is 16.9. The predicted molar refractivity (Wildman–Crippen MR) is 81.0 cm³/mol. The van der Waals surface area contributed by atoms with Crippen molar-refractivity contribution in [2.45, 2.75) is 31.0 Å². The lowest BCUT2D eigenvalue weighted by molar-refractivity contribution is -0.146. The van der Waals surface area contributed by atoms with Gasteiger partial charge in [0.05, 0.1) is 12.0 Å². The van der Waals surface area contributed by atoms with E-state index in [9.17, 15) is 23.1 Å². The topological polar surface area (TPSA) is 104 Å². The molecule has 1 aliphatic rings. The molecule has 0 saturated carbocycles. The lowest BCUT2D eigenvalue weighted by Gasteiger charge is -2.19. The molecule has 2 heterocycles. The van der Waals surface area contributed by atoms with Crippen molar-refractivity contribution in [3.8, 4) is 0 Å². The largest absolute Gasteiger partial charge is 0.481 e. The van der Waals surface area contributed by atoms with E-state index in [4.69, 9.17) is 0 Å². The molecule has 9 heteroatoms. The molecule has 1 fully saturated rings. The number of carboxylic acids is 1. The highest BCUT2D eigenvalue weighted by molar-refractivity contribution is 7.91. The Morgan fingerprint density at radius 2 is 2.14 bits per heavy atom. The normalized spacial score (nSPS) is 22.6. The van der Waals surface area contributed by atoms with Crippen LogP contribution in [0.5, 0.6) is 0 Å². The Bertz CT molecular complexity index is 697. The zero-order valence-corrected chi connectivity index (χ0v) is 14.0. The second-order valence-corrected chi connectivity index (χ2v) is 8.92. The van der Waals surface area contributed by atoms with E-state index in [2.05, 4.69) is 5.32 Å². The van der Waals surface area contributed by atoms with Crippen LogP contribution >= 0.6 is 11.3 Å². The number of sulfonamides is 1. The summed E-state index contributed by atoms with van der Waals surface area (Å²) in [4.78, 5) is 22.8. The van der Waals surface area contributed by atoms with E-state index in [1.807, 2.05) is 0 Å². The average Bonchev–Trinajstić information content (AvgIpc) is 3.04. The maximum absolute atomic E-state index is 12.6. The van der Waals surface area contributed by atoms with Gasteiger partial charge in [0.1, 0.15) is 4.21 Å². The van der Waals surface area contributed by atoms with E-state index >= 15 is 0 Å². The van der Waals surface area contributed by atoms with Crippen molar-refractivity contribution >= 4 is 33.2 Å². The highest BCUT2D eigenvalue weighted by Gasteiger charge is 2.45. The van der Waals surface area contributed by atoms with Gasteiger partial charge in [-0.1, -0.05) is 0 Å². The van der Waals surface area contributed by atoms with Crippen LogP contribution in [-0.2, 0) is 26.2 Å². The van der Waals surface area contributed by atoms with Gasteiger partial charge < -0.3 is 10.4 Å². The Morgan fingerprint density at radius 1 is 1.45 bits per heavy atom. The quantitative estimate of drug-likeness (QED) is 0.823. The molecule has 0 bridgehead atoms. The smallest absolute Gasteiger partial charge is 0.310 e. The maximum atomic E-state index is 12.6. The molecule has 2 N–H and O–H groups in total. The summed E-state index contributed by atoms with van der Waals surface area (Å²) in [5, 5.41) is 11.8. The maximum Gasteiger partial charge on any atom is 0.310 e. The number of aliphatic carboxylic acids is 1. The lowest BCUT2D eigenvalue weighted by atomic mass is 9.90. The number of hydrogen-bond donors (Lipinski definition) is 2. The van der Waals surface area contributed by atoms with Crippen molar-refractivity contribution < 1.29 is 23.1 Å². The Labute approximate surface area is 133 Å². The van der Waals surface area contributed by atoms with E-state index in [1.165, 1.54) is 17.3 Å². The number of carbonyl (C=O) groups is 2. The second-order valence-electron chi connectivity index (χ2n) is 5.58. The average molecular weight is 346 g/mol. The van der Waals surface area contributed by atoms with Crippen LogP contribution in [0.1, 0.15) is 25.1 Å². The minimum Gasteiger partial charge on any atom is -0.481 e. The van der Waals surface area contributed by atoms with Gasteiger partial charge >= 0.3 is 5.97 Å². The minimum absolute atomic E-state index is 0.0242. The SMILES string of the molecule is CC(=O)NCc1ccc(S(=O)(=O)N2CCC(C)(C(=O)O)C2)s1. The molecule has 0 aliphatic carbocycles. The highest BCUT2D eigenvalue weighted by Crippen LogP contribution is 2.35. The number of rotatable bonds is 5. The zero-order valence-electron chi connectivity index (χ0n) is 12.3. The van der Waals surface area contributed by atoms with E-state index < -0.39 is 21.4 Å². The molecule has 1 amide bonds. The van der Waals surface area contributed by atoms with Gasteiger partial charge in [-0.2, -0.15) is 4.31 Å². The summed E-state index contributed by atoms with van der Waals surface area (Å²) in [7, 11) is -3.69. The number of hydrogen-bond acceptors (Lipinski definition) is 5. The Morgan fingerprint density at radius 3 is 2.68 bits per heavy atom. The molecular formula is C13H18N2O5S2. The van der Waals surface area contributed by atoms with Gasteiger partial charge in [-0.15, -0.1) is 11.3 Å². The summed E-state index contributed by atoms with van der Waals surface area (Å²) < 4.78 is 26.5. The number of carboxylic acid groups (broad SMARTS) is 1. The molecule has 7 nitrogen and oxygen atoms in total. The molecule has 22 heavy (non-hydrogen) atoms. The van der Waals surface area contributed by atoms with Gasteiger partial charge in [0.25, 0.3) is 10.0 Å². The zero-order chi connectivity index (χ0) is 16.5. The number of carbonyl (C=O) groups excluding carboxylic acids is 1. The summed E-state index contributed by atoms with van der Waals surface area (Å²) >= 11 is 1.09. The van der Waals surface area contributed by atoms with Crippen LogP contribution in [0.3, 0.4) is 0 Å². The molecule has 1 aromatic rings. The van der Waals surface area contributed by atoms with Crippen LogP contribution in [0.25, 0.3) is 0 Å². The molecule has 1 saturated heterocycles.